The number of carboxylic acid groups (broad SMARTS) is 1. The Kier molecular flexibility index (Phi) is 5.57. The van der Waals surface area contributed by atoms with E-state index in [4.69, 9.17) is 5.11 Å². The van der Waals surface area contributed by atoms with E-state index >= 15 is 0 Å². The van der Waals surface area contributed by atoms with Crippen LogP contribution in [0.4, 0.5) is 10.5 Å². The molecular weight excluding hydrogens is 312 g/mol. The Labute approximate surface area is 119 Å². The van der Waals surface area contributed by atoms with Crippen LogP contribution < -0.4 is 10.6 Å². The lowest BCUT2D eigenvalue weighted by atomic mass is 10.2. The summed E-state index contributed by atoms with van der Waals surface area (Å²) < 4.78 is 0.513. The summed E-state index contributed by atoms with van der Waals surface area (Å²) in [5.41, 5.74) is 0.658. The fourth-order valence-corrected chi connectivity index (χ4v) is 1.92. The van der Waals surface area contributed by atoms with Gasteiger partial charge in [0, 0.05) is 10.5 Å². The van der Waals surface area contributed by atoms with Crippen molar-refractivity contribution in [1.82, 2.24) is 5.32 Å². The number of carbonyl (C=O) groups is 2. The molecule has 6 heteroatoms. The molecule has 0 aromatic heterocycles. The molecule has 0 aliphatic rings. The number of nitrogens with one attached hydrogen (secondary N) is 2. The molecule has 3 N–H and O–H groups in total. The maximum atomic E-state index is 11.7. The molecule has 0 spiro atoms. The molecule has 1 rings (SSSR count). The van der Waals surface area contributed by atoms with Crippen LogP contribution in [0.15, 0.2) is 35.3 Å². The average Bonchev–Trinajstić information content (AvgIpc) is 2.31. The first kappa shape index (κ1) is 15.2. The number of anilines is 1. The Morgan fingerprint density at radius 3 is 2.74 bits per heavy atom. The lowest BCUT2D eigenvalue weighted by Gasteiger charge is -2.13. The summed E-state index contributed by atoms with van der Waals surface area (Å²) in [6.07, 6.45) is 2.40. The zero-order chi connectivity index (χ0) is 14.4. The van der Waals surface area contributed by atoms with E-state index in [1.807, 2.05) is 6.92 Å². The predicted octanol–water partition coefficient (Wildman–Crippen LogP) is 3.23. The fraction of sp³-hybridized carbons (Fsp3) is 0.231. The number of carboxylic acids is 1. The number of carbonyl (C=O) groups excluding carboxylic acids is 1. The number of halogens is 1. The third-order valence-electron chi connectivity index (χ3n) is 2.36. The highest BCUT2D eigenvalue weighted by Crippen LogP contribution is 2.23. The van der Waals surface area contributed by atoms with Gasteiger partial charge in [0.1, 0.15) is 0 Å². The van der Waals surface area contributed by atoms with Crippen molar-refractivity contribution in [3.05, 3.63) is 40.9 Å². The van der Waals surface area contributed by atoms with Crippen molar-refractivity contribution < 1.29 is 14.7 Å². The van der Waals surface area contributed by atoms with E-state index in [0.717, 1.165) is 0 Å². The highest BCUT2D eigenvalue weighted by molar-refractivity contribution is 9.10. The molecule has 0 saturated heterocycles. The van der Waals surface area contributed by atoms with Crippen LogP contribution >= 0.6 is 15.9 Å². The molecule has 0 aliphatic heterocycles. The molecule has 2 amide bonds. The molecule has 0 saturated carbocycles. The van der Waals surface area contributed by atoms with Crippen LogP contribution in [0.3, 0.4) is 0 Å². The van der Waals surface area contributed by atoms with Gasteiger partial charge in [-0.05, 0) is 47.5 Å². The Hall–Kier alpha value is -1.82. The zero-order valence-electron chi connectivity index (χ0n) is 10.4. The monoisotopic (exact) mass is 326 g/mol. The molecule has 102 valence electrons. The molecule has 5 nitrogen and oxygen atoms in total. The highest BCUT2D eigenvalue weighted by atomic mass is 79.9. The van der Waals surface area contributed by atoms with Gasteiger partial charge in [-0.15, -0.1) is 6.58 Å². The van der Waals surface area contributed by atoms with E-state index in [-0.39, 0.29) is 17.6 Å². The molecule has 1 aromatic carbocycles. The van der Waals surface area contributed by atoms with Crippen molar-refractivity contribution in [3.8, 4) is 0 Å². The first-order valence-electron chi connectivity index (χ1n) is 5.65. The minimum Gasteiger partial charge on any atom is -0.478 e. The highest BCUT2D eigenvalue weighted by Gasteiger charge is 2.10. The molecule has 19 heavy (non-hydrogen) atoms. The first-order valence-corrected chi connectivity index (χ1v) is 6.44. The Morgan fingerprint density at radius 2 is 2.21 bits per heavy atom. The molecule has 0 fully saturated rings. The Balaban J connectivity index is 2.69. The SMILES string of the molecule is C=CCC(C)NC(=O)Nc1ccc(C(=O)O)cc1Br. The molecule has 0 heterocycles. The lowest BCUT2D eigenvalue weighted by molar-refractivity contribution is 0.0697. The van der Waals surface area contributed by atoms with Gasteiger partial charge in [0.2, 0.25) is 0 Å². The third-order valence-corrected chi connectivity index (χ3v) is 3.02. The number of amides is 2. The van der Waals surface area contributed by atoms with E-state index in [0.29, 0.717) is 16.6 Å². The molecule has 1 unspecified atom stereocenters. The number of hydrogen-bond donors (Lipinski definition) is 3. The second-order valence-corrected chi connectivity index (χ2v) is 4.88. The summed E-state index contributed by atoms with van der Waals surface area (Å²) >= 11 is 3.22. The average molecular weight is 327 g/mol. The van der Waals surface area contributed by atoms with Gasteiger partial charge in [-0.3, -0.25) is 0 Å². The molecule has 1 aromatic rings. The van der Waals surface area contributed by atoms with Crippen molar-refractivity contribution in [2.24, 2.45) is 0 Å². The Morgan fingerprint density at radius 1 is 1.53 bits per heavy atom. The smallest absolute Gasteiger partial charge is 0.335 e. The topological polar surface area (TPSA) is 78.4 Å². The number of urea groups is 1. The molecule has 0 radical (unpaired) electrons. The minimum atomic E-state index is -1.02. The maximum absolute atomic E-state index is 11.7. The summed E-state index contributed by atoms with van der Waals surface area (Å²) in [4.78, 5) is 22.4. The largest absolute Gasteiger partial charge is 0.478 e. The second-order valence-electron chi connectivity index (χ2n) is 4.02. The maximum Gasteiger partial charge on any atom is 0.335 e. The molecular formula is C13H15BrN2O3. The fourth-order valence-electron chi connectivity index (χ4n) is 1.44. The summed E-state index contributed by atoms with van der Waals surface area (Å²) in [7, 11) is 0. The zero-order valence-corrected chi connectivity index (χ0v) is 12.0. The van der Waals surface area contributed by atoms with Crippen molar-refractivity contribution in [2.45, 2.75) is 19.4 Å². The quantitative estimate of drug-likeness (QED) is 0.727. The van der Waals surface area contributed by atoms with E-state index in [2.05, 4.69) is 33.1 Å². The Bertz CT molecular complexity index is 503. The van der Waals surface area contributed by atoms with Crippen molar-refractivity contribution >= 4 is 33.6 Å². The summed E-state index contributed by atoms with van der Waals surface area (Å²) in [5.74, 6) is -1.02. The van der Waals surface area contributed by atoms with Crippen LogP contribution in [0.2, 0.25) is 0 Å². The summed E-state index contributed by atoms with van der Waals surface area (Å²) in [5, 5.41) is 14.2. The first-order chi connectivity index (χ1) is 8.93. The predicted molar refractivity (Wildman–Crippen MR) is 77.5 cm³/mol. The molecule has 0 bridgehead atoms. The van der Waals surface area contributed by atoms with Crippen LogP contribution in [-0.2, 0) is 0 Å². The van der Waals surface area contributed by atoms with Gasteiger partial charge in [-0.1, -0.05) is 6.08 Å². The van der Waals surface area contributed by atoms with Gasteiger partial charge in [0.15, 0.2) is 0 Å². The van der Waals surface area contributed by atoms with E-state index in [1.54, 1.807) is 6.08 Å². The molecule has 1 atom stereocenters. The van der Waals surface area contributed by atoms with Crippen LogP contribution in [0, 0.1) is 0 Å². The second kappa shape index (κ2) is 6.94. The van der Waals surface area contributed by atoms with Crippen molar-refractivity contribution in [3.63, 3.8) is 0 Å². The van der Waals surface area contributed by atoms with Crippen molar-refractivity contribution in [2.75, 3.05) is 5.32 Å². The van der Waals surface area contributed by atoms with Gasteiger partial charge < -0.3 is 15.7 Å². The van der Waals surface area contributed by atoms with Gasteiger partial charge in [0.05, 0.1) is 11.3 Å². The van der Waals surface area contributed by atoms with Crippen LogP contribution in [0.1, 0.15) is 23.7 Å². The van der Waals surface area contributed by atoms with Crippen LogP contribution in [-0.4, -0.2) is 23.1 Å². The lowest BCUT2D eigenvalue weighted by Crippen LogP contribution is -2.35. The normalized spacial score (nSPS) is 11.5. The summed E-state index contributed by atoms with van der Waals surface area (Å²) in [6.45, 7) is 5.46. The van der Waals surface area contributed by atoms with Gasteiger partial charge in [-0.25, -0.2) is 9.59 Å². The van der Waals surface area contributed by atoms with Gasteiger partial charge in [0.25, 0.3) is 0 Å². The van der Waals surface area contributed by atoms with Crippen LogP contribution in [0.25, 0.3) is 0 Å². The van der Waals surface area contributed by atoms with E-state index < -0.39 is 5.97 Å². The van der Waals surface area contributed by atoms with Gasteiger partial charge >= 0.3 is 12.0 Å². The van der Waals surface area contributed by atoms with E-state index in [9.17, 15) is 9.59 Å². The summed E-state index contributed by atoms with van der Waals surface area (Å²) in [6, 6.07) is 4.03. The van der Waals surface area contributed by atoms with E-state index in [1.165, 1.54) is 18.2 Å². The number of rotatable bonds is 5. The third kappa shape index (κ3) is 4.75. The number of aromatic carboxylic acids is 1. The van der Waals surface area contributed by atoms with Crippen LogP contribution in [0.5, 0.6) is 0 Å². The van der Waals surface area contributed by atoms with Crippen molar-refractivity contribution in [1.29, 1.82) is 0 Å². The minimum absolute atomic E-state index is 0.0189. The molecule has 0 aliphatic carbocycles. The number of hydrogen-bond acceptors (Lipinski definition) is 2. The van der Waals surface area contributed by atoms with Gasteiger partial charge in [-0.2, -0.15) is 0 Å². The standard InChI is InChI=1S/C13H15BrN2O3/c1-3-4-8(2)15-13(19)16-11-6-5-9(12(17)18)7-10(11)14/h3,5-8H,1,4H2,2H3,(H,17,18)(H2,15,16,19). The number of benzene rings is 1.